The van der Waals surface area contributed by atoms with Crippen LogP contribution >= 0.6 is 34.8 Å². The summed E-state index contributed by atoms with van der Waals surface area (Å²) < 4.78 is 0. The number of carbonyl (C=O) groups is 1. The summed E-state index contributed by atoms with van der Waals surface area (Å²) in [6.45, 7) is 0. The van der Waals surface area contributed by atoms with Gasteiger partial charge in [0.05, 0.1) is 0 Å². The van der Waals surface area contributed by atoms with Crippen molar-refractivity contribution in [3.8, 4) is 0 Å². The lowest BCUT2D eigenvalue weighted by molar-refractivity contribution is -0.111. The Morgan fingerprint density at radius 2 is 1.86 bits per heavy atom. The van der Waals surface area contributed by atoms with Crippen molar-refractivity contribution in [1.82, 2.24) is 0 Å². The molecule has 1 rings (SSSR count). The van der Waals surface area contributed by atoms with Crippen LogP contribution in [0.15, 0.2) is 24.3 Å². The zero-order valence-electron chi connectivity index (χ0n) is 7.34. The zero-order valence-corrected chi connectivity index (χ0v) is 9.61. The Labute approximate surface area is 98.0 Å². The van der Waals surface area contributed by atoms with Gasteiger partial charge in [-0.15, -0.1) is 11.6 Å². The van der Waals surface area contributed by atoms with Gasteiger partial charge in [0.15, 0.2) is 0 Å². The molecule has 1 nitrogen and oxygen atoms in total. The van der Waals surface area contributed by atoms with Gasteiger partial charge in [-0.2, -0.15) is 0 Å². The highest BCUT2D eigenvalue weighted by Crippen LogP contribution is 2.15. The summed E-state index contributed by atoms with van der Waals surface area (Å²) in [5, 5.41) is 0.0356. The fourth-order valence-corrected chi connectivity index (χ4v) is 1.83. The molecule has 0 radical (unpaired) electrons. The van der Waals surface area contributed by atoms with Crippen LogP contribution in [-0.4, -0.2) is 10.6 Å². The number of benzene rings is 1. The smallest absolute Gasteiger partial charge is 0.223 e. The predicted molar refractivity (Wildman–Crippen MR) is 60.3 cm³/mol. The summed E-state index contributed by atoms with van der Waals surface area (Å²) in [4.78, 5) is 10.6. The summed E-state index contributed by atoms with van der Waals surface area (Å²) in [7, 11) is 0. The SMILES string of the molecule is O=C(Cl)CC(Cl)Cc1ccc(Cl)cc1. The van der Waals surface area contributed by atoms with Crippen molar-refractivity contribution in [2.75, 3.05) is 0 Å². The van der Waals surface area contributed by atoms with Gasteiger partial charge in [-0.3, -0.25) is 4.79 Å². The first-order valence-electron chi connectivity index (χ1n) is 4.15. The van der Waals surface area contributed by atoms with Gasteiger partial charge in [0.25, 0.3) is 0 Å². The van der Waals surface area contributed by atoms with Gasteiger partial charge in [-0.25, -0.2) is 0 Å². The average Bonchev–Trinajstić information content (AvgIpc) is 2.07. The van der Waals surface area contributed by atoms with E-state index >= 15 is 0 Å². The molecular weight excluding hydrogens is 242 g/mol. The van der Waals surface area contributed by atoms with Crippen molar-refractivity contribution in [1.29, 1.82) is 0 Å². The normalized spacial score (nSPS) is 12.5. The first-order chi connectivity index (χ1) is 6.58. The summed E-state index contributed by atoms with van der Waals surface area (Å²) in [6.07, 6.45) is 0.808. The van der Waals surface area contributed by atoms with Crippen molar-refractivity contribution in [3.05, 3.63) is 34.9 Å². The summed E-state index contributed by atoms with van der Waals surface area (Å²) >= 11 is 16.9. The monoisotopic (exact) mass is 250 g/mol. The molecule has 76 valence electrons. The van der Waals surface area contributed by atoms with Crippen molar-refractivity contribution >= 4 is 40.0 Å². The molecule has 0 bridgehead atoms. The van der Waals surface area contributed by atoms with Crippen LogP contribution in [0.3, 0.4) is 0 Å². The van der Waals surface area contributed by atoms with E-state index in [4.69, 9.17) is 34.8 Å². The number of hydrogen-bond acceptors (Lipinski definition) is 1. The van der Waals surface area contributed by atoms with Crippen LogP contribution in [0.2, 0.25) is 5.02 Å². The molecular formula is C10H9Cl3O. The second-order valence-corrected chi connectivity index (χ2v) is 4.46. The highest BCUT2D eigenvalue weighted by atomic mass is 35.5. The van der Waals surface area contributed by atoms with Crippen molar-refractivity contribution in [3.63, 3.8) is 0 Å². The molecule has 0 saturated carbocycles. The molecule has 4 heteroatoms. The molecule has 1 atom stereocenters. The lowest BCUT2D eigenvalue weighted by Crippen LogP contribution is -2.06. The number of hydrogen-bond donors (Lipinski definition) is 0. The Bertz CT molecular complexity index is 308. The molecule has 14 heavy (non-hydrogen) atoms. The summed E-state index contributed by atoms with van der Waals surface area (Å²) in [5.74, 6) is 0. The van der Waals surface area contributed by atoms with E-state index in [1.807, 2.05) is 12.1 Å². The molecule has 0 heterocycles. The van der Waals surface area contributed by atoms with E-state index in [0.717, 1.165) is 5.56 Å². The number of rotatable bonds is 4. The average molecular weight is 252 g/mol. The standard InChI is InChI=1S/C10H9Cl3O/c11-8-3-1-7(2-4-8)5-9(12)6-10(13)14/h1-4,9H,5-6H2. The second-order valence-electron chi connectivity index (χ2n) is 2.99. The van der Waals surface area contributed by atoms with Gasteiger partial charge >= 0.3 is 0 Å². The highest BCUT2D eigenvalue weighted by Gasteiger charge is 2.09. The van der Waals surface area contributed by atoms with Crippen molar-refractivity contribution in [2.45, 2.75) is 18.2 Å². The minimum absolute atomic E-state index is 0.186. The van der Waals surface area contributed by atoms with E-state index in [0.29, 0.717) is 11.4 Å². The fraction of sp³-hybridized carbons (Fsp3) is 0.300. The molecule has 0 amide bonds. The van der Waals surface area contributed by atoms with Crippen LogP contribution < -0.4 is 0 Å². The zero-order chi connectivity index (χ0) is 10.6. The molecule has 0 aliphatic carbocycles. The highest BCUT2D eigenvalue weighted by molar-refractivity contribution is 6.63. The molecule has 1 unspecified atom stereocenters. The Balaban J connectivity index is 2.51. The van der Waals surface area contributed by atoms with Gasteiger partial charge in [-0.05, 0) is 35.7 Å². The van der Waals surface area contributed by atoms with Gasteiger partial charge in [0, 0.05) is 16.8 Å². The maximum Gasteiger partial charge on any atom is 0.223 e. The minimum atomic E-state index is -0.404. The van der Waals surface area contributed by atoms with E-state index < -0.39 is 5.24 Å². The molecule has 1 aromatic carbocycles. The summed E-state index contributed by atoms with van der Waals surface area (Å²) in [6, 6.07) is 7.36. The van der Waals surface area contributed by atoms with Crippen LogP contribution in [0.1, 0.15) is 12.0 Å². The Hall–Kier alpha value is -0.240. The van der Waals surface area contributed by atoms with Gasteiger partial charge in [0.2, 0.25) is 5.24 Å². The third-order valence-electron chi connectivity index (χ3n) is 1.75. The Morgan fingerprint density at radius 3 is 2.36 bits per heavy atom. The first-order valence-corrected chi connectivity index (χ1v) is 5.34. The topological polar surface area (TPSA) is 17.1 Å². The van der Waals surface area contributed by atoms with Gasteiger partial charge < -0.3 is 0 Å². The molecule has 0 spiro atoms. The fourth-order valence-electron chi connectivity index (χ4n) is 1.12. The van der Waals surface area contributed by atoms with Crippen LogP contribution in [0.4, 0.5) is 0 Å². The molecule has 0 fully saturated rings. The van der Waals surface area contributed by atoms with Gasteiger partial charge in [0.1, 0.15) is 0 Å². The molecule has 1 aromatic rings. The Morgan fingerprint density at radius 1 is 1.29 bits per heavy atom. The van der Waals surface area contributed by atoms with Crippen LogP contribution in [0.25, 0.3) is 0 Å². The van der Waals surface area contributed by atoms with E-state index in [1.54, 1.807) is 12.1 Å². The maximum absolute atomic E-state index is 10.6. The van der Waals surface area contributed by atoms with E-state index in [2.05, 4.69) is 0 Å². The quantitative estimate of drug-likeness (QED) is 0.590. The number of halogens is 3. The van der Waals surface area contributed by atoms with Crippen molar-refractivity contribution < 1.29 is 4.79 Å². The first kappa shape index (κ1) is 11.8. The molecule has 0 aromatic heterocycles. The van der Waals surface area contributed by atoms with E-state index in [-0.39, 0.29) is 11.8 Å². The molecule has 0 N–H and O–H groups in total. The minimum Gasteiger partial charge on any atom is -0.281 e. The number of alkyl halides is 1. The van der Waals surface area contributed by atoms with E-state index in [9.17, 15) is 4.79 Å². The van der Waals surface area contributed by atoms with Crippen molar-refractivity contribution in [2.24, 2.45) is 0 Å². The molecule has 0 aliphatic heterocycles. The third kappa shape index (κ3) is 4.32. The lowest BCUT2D eigenvalue weighted by atomic mass is 10.1. The maximum atomic E-state index is 10.6. The Kier molecular flexibility index (Phi) is 4.73. The summed E-state index contributed by atoms with van der Waals surface area (Å²) in [5.41, 5.74) is 1.05. The number of carbonyl (C=O) groups excluding carboxylic acids is 1. The largest absolute Gasteiger partial charge is 0.281 e. The molecule has 0 aliphatic rings. The van der Waals surface area contributed by atoms with Gasteiger partial charge in [-0.1, -0.05) is 23.7 Å². The predicted octanol–water partition coefficient (Wildman–Crippen LogP) is 3.65. The second kappa shape index (κ2) is 5.59. The van der Waals surface area contributed by atoms with Crippen LogP contribution in [0, 0.1) is 0 Å². The van der Waals surface area contributed by atoms with E-state index in [1.165, 1.54) is 0 Å². The third-order valence-corrected chi connectivity index (χ3v) is 2.47. The van der Waals surface area contributed by atoms with Crippen LogP contribution in [-0.2, 0) is 11.2 Å². The lowest BCUT2D eigenvalue weighted by Gasteiger charge is -2.06. The molecule has 0 saturated heterocycles. The van der Waals surface area contributed by atoms with Crippen LogP contribution in [0.5, 0.6) is 0 Å².